The molecule has 1 aromatic carbocycles. The smallest absolute Gasteiger partial charge is 0.363 e. The van der Waals surface area contributed by atoms with Gasteiger partial charge in [0.05, 0.1) is 0 Å². The number of carbonyl (C=O) groups excluding carboxylic acids is 1. The highest BCUT2D eigenvalue weighted by Gasteiger charge is 2.33. The van der Waals surface area contributed by atoms with Crippen molar-refractivity contribution in [3.63, 3.8) is 0 Å². The summed E-state index contributed by atoms with van der Waals surface area (Å²) in [6, 6.07) is 5.32. The van der Waals surface area contributed by atoms with E-state index in [-0.39, 0.29) is 0 Å². The summed E-state index contributed by atoms with van der Waals surface area (Å²) in [6.45, 7) is 3.73. The number of esters is 1. The Labute approximate surface area is 103 Å². The Morgan fingerprint density at radius 2 is 1.87 bits per heavy atom. The molecule has 0 bridgehead atoms. The van der Waals surface area contributed by atoms with Crippen molar-refractivity contribution < 1.29 is 9.53 Å². The standard InChI is InChI=1S/C10H9Cl3O2/c1-6-4-3-5-8(7(6)2)15-9(14)10(11,12)13/h3-5H,1-2H3. The van der Waals surface area contributed by atoms with Crippen molar-refractivity contribution in [3.8, 4) is 5.75 Å². The van der Waals surface area contributed by atoms with E-state index in [1.807, 2.05) is 19.9 Å². The second kappa shape index (κ2) is 4.60. The van der Waals surface area contributed by atoms with Crippen molar-refractivity contribution >= 4 is 40.8 Å². The lowest BCUT2D eigenvalue weighted by atomic mass is 10.1. The molecule has 2 nitrogen and oxygen atoms in total. The van der Waals surface area contributed by atoms with Crippen LogP contribution in [0, 0.1) is 13.8 Å². The second-order valence-corrected chi connectivity index (χ2v) is 5.37. The van der Waals surface area contributed by atoms with Crippen LogP contribution in [0.3, 0.4) is 0 Å². The van der Waals surface area contributed by atoms with E-state index in [9.17, 15) is 4.79 Å². The Morgan fingerprint density at radius 3 is 2.40 bits per heavy atom. The van der Waals surface area contributed by atoms with Crippen molar-refractivity contribution in [2.45, 2.75) is 17.6 Å². The quantitative estimate of drug-likeness (QED) is 0.442. The zero-order valence-electron chi connectivity index (χ0n) is 8.18. The van der Waals surface area contributed by atoms with Crippen molar-refractivity contribution in [1.82, 2.24) is 0 Å². The van der Waals surface area contributed by atoms with Crippen molar-refractivity contribution in [3.05, 3.63) is 29.3 Å². The number of ether oxygens (including phenoxy) is 1. The van der Waals surface area contributed by atoms with Crippen LogP contribution in [0.4, 0.5) is 0 Å². The number of halogens is 3. The largest absolute Gasteiger partial charge is 0.423 e. The first-order chi connectivity index (χ1) is 6.82. The number of hydrogen-bond donors (Lipinski definition) is 0. The fraction of sp³-hybridized carbons (Fsp3) is 0.300. The maximum atomic E-state index is 11.3. The predicted octanol–water partition coefficient (Wildman–Crippen LogP) is 3.58. The molecule has 0 aliphatic heterocycles. The molecule has 15 heavy (non-hydrogen) atoms. The fourth-order valence-corrected chi connectivity index (χ4v) is 1.11. The van der Waals surface area contributed by atoms with Crippen molar-refractivity contribution in [1.29, 1.82) is 0 Å². The molecule has 0 fully saturated rings. The number of benzene rings is 1. The average Bonchev–Trinajstić information content (AvgIpc) is 2.11. The molecule has 0 unspecified atom stereocenters. The van der Waals surface area contributed by atoms with Gasteiger partial charge in [-0.2, -0.15) is 0 Å². The first-order valence-corrected chi connectivity index (χ1v) is 5.31. The van der Waals surface area contributed by atoms with Crippen LogP contribution in [0.5, 0.6) is 5.75 Å². The minimum absolute atomic E-state index is 0.409. The van der Waals surface area contributed by atoms with Crippen LogP contribution in [0.25, 0.3) is 0 Å². The summed E-state index contributed by atoms with van der Waals surface area (Å²) in [5, 5.41) is 0. The molecule has 82 valence electrons. The predicted molar refractivity (Wildman–Crippen MR) is 61.8 cm³/mol. The second-order valence-electron chi connectivity index (χ2n) is 3.09. The molecule has 0 radical (unpaired) electrons. The van der Waals surface area contributed by atoms with E-state index >= 15 is 0 Å². The molecule has 0 saturated heterocycles. The maximum Gasteiger partial charge on any atom is 0.363 e. The molecular formula is C10H9Cl3O2. The summed E-state index contributed by atoms with van der Waals surface area (Å²) in [5.74, 6) is -0.493. The first-order valence-electron chi connectivity index (χ1n) is 4.17. The van der Waals surface area contributed by atoms with Gasteiger partial charge in [-0.15, -0.1) is 0 Å². The Kier molecular flexibility index (Phi) is 3.87. The lowest BCUT2D eigenvalue weighted by Crippen LogP contribution is -2.25. The molecule has 0 saturated carbocycles. The normalized spacial score (nSPS) is 11.3. The summed E-state index contributed by atoms with van der Waals surface area (Å²) < 4.78 is 2.91. The minimum atomic E-state index is -2.05. The molecule has 0 atom stereocenters. The van der Waals surface area contributed by atoms with E-state index in [1.165, 1.54) is 0 Å². The number of rotatable bonds is 1. The van der Waals surface area contributed by atoms with E-state index < -0.39 is 9.76 Å². The van der Waals surface area contributed by atoms with Crippen molar-refractivity contribution in [2.24, 2.45) is 0 Å². The zero-order valence-corrected chi connectivity index (χ0v) is 10.5. The monoisotopic (exact) mass is 266 g/mol. The van der Waals surface area contributed by atoms with Crippen LogP contribution in [0.15, 0.2) is 18.2 Å². The van der Waals surface area contributed by atoms with Crippen molar-refractivity contribution in [2.75, 3.05) is 0 Å². The summed E-state index contributed by atoms with van der Waals surface area (Å²) >= 11 is 16.1. The molecule has 5 heteroatoms. The maximum absolute atomic E-state index is 11.3. The van der Waals surface area contributed by atoms with E-state index in [0.29, 0.717) is 5.75 Å². The Balaban J connectivity index is 2.91. The van der Waals surface area contributed by atoms with E-state index in [2.05, 4.69) is 0 Å². The minimum Gasteiger partial charge on any atom is -0.423 e. The first kappa shape index (κ1) is 12.6. The third kappa shape index (κ3) is 3.26. The molecular weight excluding hydrogens is 258 g/mol. The van der Waals surface area contributed by atoms with Gasteiger partial charge in [-0.25, -0.2) is 4.79 Å². The average molecular weight is 268 g/mol. The van der Waals surface area contributed by atoms with Gasteiger partial charge in [0.15, 0.2) is 0 Å². The molecule has 0 aromatic heterocycles. The molecule has 0 N–H and O–H groups in total. The van der Waals surface area contributed by atoms with Gasteiger partial charge in [0, 0.05) is 0 Å². The fourth-order valence-electron chi connectivity index (χ4n) is 0.992. The number of hydrogen-bond acceptors (Lipinski definition) is 2. The Hall–Kier alpha value is -0.440. The highest BCUT2D eigenvalue weighted by atomic mass is 35.6. The molecule has 1 rings (SSSR count). The zero-order chi connectivity index (χ0) is 11.6. The summed E-state index contributed by atoms with van der Waals surface area (Å²) in [6.07, 6.45) is 0. The van der Waals surface area contributed by atoms with Gasteiger partial charge in [-0.1, -0.05) is 46.9 Å². The van der Waals surface area contributed by atoms with Gasteiger partial charge in [0.2, 0.25) is 0 Å². The Bertz CT molecular complexity index is 383. The number of carbonyl (C=O) groups is 1. The van der Waals surface area contributed by atoms with E-state index in [4.69, 9.17) is 39.5 Å². The molecule has 0 spiro atoms. The highest BCUT2D eigenvalue weighted by Crippen LogP contribution is 2.30. The van der Waals surface area contributed by atoms with E-state index in [0.717, 1.165) is 11.1 Å². The molecule has 0 aliphatic rings. The Morgan fingerprint density at radius 1 is 1.27 bits per heavy atom. The van der Waals surface area contributed by atoms with Crippen LogP contribution in [-0.2, 0) is 4.79 Å². The number of aryl methyl sites for hydroxylation is 1. The van der Waals surface area contributed by atoms with Crippen LogP contribution in [0.1, 0.15) is 11.1 Å². The molecule has 0 amide bonds. The van der Waals surface area contributed by atoms with Crippen LogP contribution in [0.2, 0.25) is 0 Å². The van der Waals surface area contributed by atoms with Crippen LogP contribution >= 0.6 is 34.8 Å². The van der Waals surface area contributed by atoms with Crippen LogP contribution < -0.4 is 4.74 Å². The third-order valence-corrected chi connectivity index (χ3v) is 2.45. The third-order valence-electron chi connectivity index (χ3n) is 1.99. The topological polar surface area (TPSA) is 26.3 Å². The van der Waals surface area contributed by atoms with Gasteiger partial charge < -0.3 is 4.74 Å². The number of alkyl halides is 3. The van der Waals surface area contributed by atoms with Gasteiger partial charge in [-0.3, -0.25) is 0 Å². The lowest BCUT2D eigenvalue weighted by molar-refractivity contribution is -0.133. The summed E-state index contributed by atoms with van der Waals surface area (Å²) in [5.41, 5.74) is 1.85. The molecule has 0 aliphatic carbocycles. The summed E-state index contributed by atoms with van der Waals surface area (Å²) in [4.78, 5) is 11.3. The van der Waals surface area contributed by atoms with Gasteiger partial charge in [0.1, 0.15) is 5.75 Å². The molecule has 0 heterocycles. The summed E-state index contributed by atoms with van der Waals surface area (Å²) in [7, 11) is 0. The van der Waals surface area contributed by atoms with Gasteiger partial charge >= 0.3 is 5.97 Å². The highest BCUT2D eigenvalue weighted by molar-refractivity contribution is 6.75. The lowest BCUT2D eigenvalue weighted by Gasteiger charge is -2.12. The molecule has 1 aromatic rings. The van der Waals surface area contributed by atoms with Gasteiger partial charge in [0.25, 0.3) is 3.79 Å². The van der Waals surface area contributed by atoms with Crippen LogP contribution in [-0.4, -0.2) is 9.76 Å². The van der Waals surface area contributed by atoms with Gasteiger partial charge in [-0.05, 0) is 31.0 Å². The van der Waals surface area contributed by atoms with E-state index in [1.54, 1.807) is 12.1 Å². The SMILES string of the molecule is Cc1cccc(OC(=O)C(Cl)(Cl)Cl)c1C.